The van der Waals surface area contributed by atoms with Gasteiger partial charge in [0.05, 0.1) is 0 Å². The molecule has 0 fully saturated rings. The Bertz CT molecular complexity index is 876. The van der Waals surface area contributed by atoms with E-state index in [0.29, 0.717) is 18.7 Å². The molecule has 0 unspecified atom stereocenters. The molecule has 2 aromatic rings. The van der Waals surface area contributed by atoms with E-state index in [1.54, 1.807) is 4.90 Å². The van der Waals surface area contributed by atoms with Crippen molar-refractivity contribution in [2.45, 2.75) is 66.6 Å². The molecular weight excluding hydrogens is 376 g/mol. The maximum atomic E-state index is 13.2. The average molecular weight is 411 g/mol. The van der Waals surface area contributed by atoms with Crippen LogP contribution in [0, 0.1) is 20.8 Å². The van der Waals surface area contributed by atoms with Gasteiger partial charge in [0.15, 0.2) is 6.61 Å². The molecule has 0 spiro atoms. The molecule has 5 heteroatoms. The van der Waals surface area contributed by atoms with Crippen LogP contribution in [0.5, 0.6) is 5.75 Å². The van der Waals surface area contributed by atoms with E-state index in [2.05, 4.69) is 5.32 Å². The highest BCUT2D eigenvalue weighted by Gasteiger charge is 2.29. The van der Waals surface area contributed by atoms with E-state index in [1.165, 1.54) is 0 Å². The number of amides is 2. The lowest BCUT2D eigenvalue weighted by atomic mass is 10.1. The second-order valence-electron chi connectivity index (χ2n) is 8.09. The summed E-state index contributed by atoms with van der Waals surface area (Å²) in [6, 6.07) is 13.2. The smallest absolute Gasteiger partial charge is 0.261 e. The van der Waals surface area contributed by atoms with Gasteiger partial charge in [-0.1, -0.05) is 48.9 Å². The number of aryl methyl sites for hydroxylation is 3. The van der Waals surface area contributed by atoms with Gasteiger partial charge >= 0.3 is 0 Å². The molecule has 2 aromatic carbocycles. The summed E-state index contributed by atoms with van der Waals surface area (Å²) in [5.74, 6) is 0.342. The number of benzene rings is 2. The van der Waals surface area contributed by atoms with Crippen LogP contribution < -0.4 is 10.1 Å². The first-order valence-electron chi connectivity index (χ1n) is 10.6. The summed E-state index contributed by atoms with van der Waals surface area (Å²) in [4.78, 5) is 27.7. The lowest BCUT2D eigenvalue weighted by Gasteiger charge is -2.31. The number of nitrogens with one attached hydrogen (secondary N) is 1. The van der Waals surface area contributed by atoms with Crippen molar-refractivity contribution >= 4 is 11.8 Å². The first-order chi connectivity index (χ1) is 14.2. The number of ether oxygens (including phenoxy) is 1. The van der Waals surface area contributed by atoms with E-state index >= 15 is 0 Å². The molecule has 5 nitrogen and oxygen atoms in total. The standard InChI is InChI=1S/C25H34N2O3/c1-7-22(25(29)26-17(2)3)27(15-21-11-9-8-10-19(21)5)24(28)16-30-23-13-12-18(4)14-20(23)6/h8-14,17,22H,7,15-16H2,1-6H3,(H,26,29)/t22-/m0/s1. The molecule has 0 heterocycles. The van der Waals surface area contributed by atoms with Crippen molar-refractivity contribution < 1.29 is 14.3 Å². The molecule has 0 aliphatic carbocycles. The highest BCUT2D eigenvalue weighted by Crippen LogP contribution is 2.20. The van der Waals surface area contributed by atoms with Gasteiger partial charge in [0, 0.05) is 12.6 Å². The summed E-state index contributed by atoms with van der Waals surface area (Å²) in [6.07, 6.45) is 0.528. The predicted molar refractivity (Wildman–Crippen MR) is 120 cm³/mol. The Morgan fingerprint density at radius 2 is 1.73 bits per heavy atom. The Kier molecular flexibility index (Phi) is 8.46. The molecule has 0 bridgehead atoms. The zero-order valence-electron chi connectivity index (χ0n) is 19.0. The monoisotopic (exact) mass is 410 g/mol. The average Bonchev–Trinajstić information content (AvgIpc) is 2.67. The maximum Gasteiger partial charge on any atom is 0.261 e. The van der Waals surface area contributed by atoms with Crippen LogP contribution in [0.25, 0.3) is 0 Å². The minimum atomic E-state index is -0.553. The fraction of sp³-hybridized carbons (Fsp3) is 0.440. The highest BCUT2D eigenvalue weighted by molar-refractivity contribution is 5.88. The van der Waals surface area contributed by atoms with Crippen LogP contribution in [0.2, 0.25) is 0 Å². The van der Waals surface area contributed by atoms with Crippen molar-refractivity contribution in [2.75, 3.05) is 6.61 Å². The summed E-state index contributed by atoms with van der Waals surface area (Å²) < 4.78 is 5.84. The number of carbonyl (C=O) groups excluding carboxylic acids is 2. The van der Waals surface area contributed by atoms with Crippen LogP contribution in [0.4, 0.5) is 0 Å². The second kappa shape index (κ2) is 10.8. The Balaban J connectivity index is 2.25. The van der Waals surface area contributed by atoms with Crippen molar-refractivity contribution in [3.63, 3.8) is 0 Å². The topological polar surface area (TPSA) is 58.6 Å². The van der Waals surface area contributed by atoms with Gasteiger partial charge in [0.2, 0.25) is 5.91 Å². The van der Waals surface area contributed by atoms with Crippen molar-refractivity contribution in [3.8, 4) is 5.75 Å². The molecule has 0 saturated carbocycles. The highest BCUT2D eigenvalue weighted by atomic mass is 16.5. The first kappa shape index (κ1) is 23.5. The van der Waals surface area contributed by atoms with Crippen LogP contribution in [0.15, 0.2) is 42.5 Å². The third-order valence-electron chi connectivity index (χ3n) is 5.10. The molecule has 1 atom stereocenters. The molecule has 162 valence electrons. The number of hydrogen-bond donors (Lipinski definition) is 1. The Morgan fingerprint density at radius 3 is 2.33 bits per heavy atom. The van der Waals surface area contributed by atoms with Gasteiger partial charge in [0.25, 0.3) is 5.91 Å². The van der Waals surface area contributed by atoms with Crippen LogP contribution in [0.3, 0.4) is 0 Å². The van der Waals surface area contributed by atoms with Crippen LogP contribution in [0.1, 0.15) is 49.4 Å². The van der Waals surface area contributed by atoms with Gasteiger partial charge in [-0.25, -0.2) is 0 Å². The molecular formula is C25H34N2O3. The molecule has 0 aliphatic heterocycles. The lowest BCUT2D eigenvalue weighted by Crippen LogP contribution is -2.51. The molecule has 0 aromatic heterocycles. The molecule has 0 saturated heterocycles. The largest absolute Gasteiger partial charge is 0.483 e. The maximum absolute atomic E-state index is 13.2. The van der Waals surface area contributed by atoms with Crippen molar-refractivity contribution in [2.24, 2.45) is 0 Å². The molecule has 1 N–H and O–H groups in total. The molecule has 2 amide bonds. The predicted octanol–water partition coefficient (Wildman–Crippen LogP) is 4.32. The third kappa shape index (κ3) is 6.34. The second-order valence-corrected chi connectivity index (χ2v) is 8.09. The normalized spacial score (nSPS) is 11.8. The third-order valence-corrected chi connectivity index (χ3v) is 5.10. The van der Waals surface area contributed by atoms with Gasteiger partial charge in [0.1, 0.15) is 11.8 Å². The molecule has 2 rings (SSSR count). The Morgan fingerprint density at radius 1 is 1.03 bits per heavy atom. The van der Waals surface area contributed by atoms with E-state index < -0.39 is 6.04 Å². The van der Waals surface area contributed by atoms with Crippen LogP contribution in [-0.2, 0) is 16.1 Å². The first-order valence-corrected chi connectivity index (χ1v) is 10.6. The SMILES string of the molecule is CC[C@@H](C(=O)NC(C)C)N(Cc1ccccc1C)C(=O)COc1ccc(C)cc1C. The number of nitrogens with zero attached hydrogens (tertiary/aromatic N) is 1. The van der Waals surface area contributed by atoms with Gasteiger partial charge in [-0.15, -0.1) is 0 Å². The van der Waals surface area contributed by atoms with E-state index in [0.717, 1.165) is 22.3 Å². The summed E-state index contributed by atoms with van der Waals surface area (Å²) in [5, 5.41) is 2.95. The summed E-state index contributed by atoms with van der Waals surface area (Å²) >= 11 is 0. The quantitative estimate of drug-likeness (QED) is 0.670. The fourth-order valence-corrected chi connectivity index (χ4v) is 3.45. The minimum Gasteiger partial charge on any atom is -0.483 e. The molecule has 30 heavy (non-hydrogen) atoms. The van der Waals surface area contributed by atoms with Crippen LogP contribution >= 0.6 is 0 Å². The van der Waals surface area contributed by atoms with Gasteiger partial charge in [-0.05, 0) is 63.8 Å². The van der Waals surface area contributed by atoms with E-state index in [-0.39, 0.29) is 24.5 Å². The van der Waals surface area contributed by atoms with Gasteiger partial charge < -0.3 is 15.0 Å². The van der Waals surface area contributed by atoms with Crippen LogP contribution in [-0.4, -0.2) is 35.4 Å². The van der Waals surface area contributed by atoms with Gasteiger partial charge in [-0.3, -0.25) is 9.59 Å². The summed E-state index contributed by atoms with van der Waals surface area (Å²) in [5.41, 5.74) is 4.24. The van der Waals surface area contributed by atoms with Gasteiger partial charge in [-0.2, -0.15) is 0 Å². The zero-order valence-corrected chi connectivity index (χ0v) is 19.0. The zero-order chi connectivity index (χ0) is 22.3. The minimum absolute atomic E-state index is 0.00780. The van der Waals surface area contributed by atoms with E-state index in [1.807, 2.05) is 84.0 Å². The number of carbonyl (C=O) groups is 2. The summed E-state index contributed by atoms with van der Waals surface area (Å²) in [7, 11) is 0. The van der Waals surface area contributed by atoms with Crippen molar-refractivity contribution in [1.82, 2.24) is 10.2 Å². The Hall–Kier alpha value is -2.82. The lowest BCUT2D eigenvalue weighted by molar-refractivity contribution is -0.143. The number of hydrogen-bond acceptors (Lipinski definition) is 3. The molecule has 0 radical (unpaired) electrons. The summed E-state index contributed by atoms with van der Waals surface area (Å²) in [6.45, 7) is 12.0. The van der Waals surface area contributed by atoms with Crippen molar-refractivity contribution in [3.05, 3.63) is 64.7 Å². The fourth-order valence-electron chi connectivity index (χ4n) is 3.45. The van der Waals surface area contributed by atoms with E-state index in [4.69, 9.17) is 4.74 Å². The van der Waals surface area contributed by atoms with E-state index in [9.17, 15) is 9.59 Å². The number of rotatable bonds is 9. The van der Waals surface area contributed by atoms with Crippen molar-refractivity contribution in [1.29, 1.82) is 0 Å². The Labute approximate surface area is 180 Å². The molecule has 0 aliphatic rings.